The molecule has 3 heteroatoms. The Labute approximate surface area is 121 Å². The fourth-order valence-electron chi connectivity index (χ4n) is 3.02. The van der Waals surface area contributed by atoms with E-state index in [4.69, 9.17) is 4.74 Å². The van der Waals surface area contributed by atoms with E-state index in [-0.39, 0.29) is 12.1 Å². The van der Waals surface area contributed by atoms with Gasteiger partial charge in [-0.2, -0.15) is 0 Å². The zero-order valence-corrected chi connectivity index (χ0v) is 12.7. The highest BCUT2D eigenvalue weighted by Gasteiger charge is 2.33. The van der Waals surface area contributed by atoms with Crippen molar-refractivity contribution < 1.29 is 9.53 Å². The number of nitrogens with zero attached hydrogens (tertiary/aromatic N) is 1. The normalized spacial score (nSPS) is 27.2. The largest absolute Gasteiger partial charge is 0.462 e. The Kier molecular flexibility index (Phi) is 5.18. The summed E-state index contributed by atoms with van der Waals surface area (Å²) in [6.45, 7) is 8.01. The minimum atomic E-state index is -0.160. The molecule has 0 amide bonds. The Bertz CT molecular complexity index is 432. The van der Waals surface area contributed by atoms with Crippen LogP contribution in [0.25, 0.3) is 0 Å². The summed E-state index contributed by atoms with van der Waals surface area (Å²) in [5.41, 5.74) is 1.38. The molecule has 1 saturated heterocycles. The molecule has 0 N–H and O–H groups in total. The Balaban J connectivity index is 1.87. The molecule has 1 fully saturated rings. The number of carbonyl (C=O) groups is 1. The third-order valence-corrected chi connectivity index (χ3v) is 4.47. The zero-order chi connectivity index (χ0) is 14.5. The van der Waals surface area contributed by atoms with E-state index in [1.807, 2.05) is 0 Å². The smallest absolute Gasteiger partial charge is 0.302 e. The third-order valence-electron chi connectivity index (χ3n) is 4.47. The summed E-state index contributed by atoms with van der Waals surface area (Å²) in [6.07, 6.45) is 2.10. The Hall–Kier alpha value is -1.35. The van der Waals surface area contributed by atoms with Gasteiger partial charge in [-0.05, 0) is 25.3 Å². The van der Waals surface area contributed by atoms with Crippen molar-refractivity contribution in [3.05, 3.63) is 35.9 Å². The predicted molar refractivity (Wildman–Crippen MR) is 80.5 cm³/mol. The first-order valence-electron chi connectivity index (χ1n) is 7.53. The van der Waals surface area contributed by atoms with Crippen LogP contribution in [0.15, 0.2) is 30.3 Å². The van der Waals surface area contributed by atoms with Crippen LogP contribution in [0.1, 0.15) is 32.8 Å². The molecule has 2 rings (SSSR count). The van der Waals surface area contributed by atoms with Gasteiger partial charge in [0.1, 0.15) is 6.10 Å². The van der Waals surface area contributed by atoms with Gasteiger partial charge < -0.3 is 4.74 Å². The lowest BCUT2D eigenvalue weighted by Crippen LogP contribution is -2.50. The molecule has 0 radical (unpaired) electrons. The highest BCUT2D eigenvalue weighted by Crippen LogP contribution is 2.26. The molecule has 0 saturated carbocycles. The van der Waals surface area contributed by atoms with Crippen molar-refractivity contribution in [3.8, 4) is 0 Å². The number of piperidine rings is 1. The quantitative estimate of drug-likeness (QED) is 0.791. The number of hydrogen-bond donors (Lipinski definition) is 0. The molecule has 1 aliphatic rings. The average molecular weight is 275 g/mol. The topological polar surface area (TPSA) is 29.5 Å². The highest BCUT2D eigenvalue weighted by atomic mass is 16.5. The first-order chi connectivity index (χ1) is 9.58. The van der Waals surface area contributed by atoms with Gasteiger partial charge in [-0.3, -0.25) is 9.69 Å². The van der Waals surface area contributed by atoms with Crippen LogP contribution in [-0.4, -0.2) is 36.1 Å². The fraction of sp³-hybridized carbons (Fsp3) is 0.588. The molecule has 0 aromatic heterocycles. The van der Waals surface area contributed by atoms with E-state index in [9.17, 15) is 4.79 Å². The minimum Gasteiger partial charge on any atom is -0.462 e. The van der Waals surface area contributed by atoms with Crippen LogP contribution in [0.4, 0.5) is 0 Å². The average Bonchev–Trinajstić information content (AvgIpc) is 2.44. The molecule has 1 aromatic carbocycles. The maximum Gasteiger partial charge on any atom is 0.302 e. The van der Waals surface area contributed by atoms with Crippen molar-refractivity contribution in [1.29, 1.82) is 0 Å². The molecular formula is C17H25NO2. The van der Waals surface area contributed by atoms with Gasteiger partial charge in [-0.15, -0.1) is 0 Å². The van der Waals surface area contributed by atoms with Gasteiger partial charge in [0, 0.05) is 32.0 Å². The summed E-state index contributed by atoms with van der Waals surface area (Å²) >= 11 is 0. The summed E-state index contributed by atoms with van der Waals surface area (Å²) in [5.74, 6) is 0.232. The predicted octanol–water partition coefficient (Wildman–Crippen LogP) is 2.89. The number of esters is 1. The lowest BCUT2D eigenvalue weighted by Gasteiger charge is -2.42. The van der Waals surface area contributed by atoms with Gasteiger partial charge >= 0.3 is 5.97 Å². The molecule has 3 atom stereocenters. The van der Waals surface area contributed by atoms with E-state index in [0.29, 0.717) is 12.0 Å². The minimum absolute atomic E-state index is 0.0791. The summed E-state index contributed by atoms with van der Waals surface area (Å²) in [6, 6.07) is 11.1. The summed E-state index contributed by atoms with van der Waals surface area (Å²) in [5, 5.41) is 0. The molecule has 3 nitrogen and oxygen atoms in total. The molecule has 0 bridgehead atoms. The van der Waals surface area contributed by atoms with E-state index < -0.39 is 0 Å². The number of rotatable bonds is 4. The molecule has 110 valence electrons. The van der Waals surface area contributed by atoms with Crippen LogP contribution in [0.2, 0.25) is 0 Å². The van der Waals surface area contributed by atoms with E-state index in [0.717, 1.165) is 25.9 Å². The second-order valence-electron chi connectivity index (χ2n) is 5.81. The van der Waals surface area contributed by atoms with Gasteiger partial charge in [-0.25, -0.2) is 0 Å². The summed E-state index contributed by atoms with van der Waals surface area (Å²) < 4.78 is 5.42. The van der Waals surface area contributed by atoms with Crippen LogP contribution >= 0.6 is 0 Å². The molecule has 0 spiro atoms. The van der Waals surface area contributed by atoms with Crippen LogP contribution < -0.4 is 0 Å². The molecule has 0 aliphatic carbocycles. The van der Waals surface area contributed by atoms with E-state index in [2.05, 4.69) is 49.1 Å². The van der Waals surface area contributed by atoms with E-state index in [1.165, 1.54) is 12.5 Å². The van der Waals surface area contributed by atoms with Crippen molar-refractivity contribution in [2.45, 2.75) is 45.8 Å². The van der Waals surface area contributed by atoms with Crippen LogP contribution in [0.3, 0.4) is 0 Å². The Morgan fingerprint density at radius 2 is 2.00 bits per heavy atom. The van der Waals surface area contributed by atoms with Crippen molar-refractivity contribution in [3.63, 3.8) is 0 Å². The number of benzene rings is 1. The van der Waals surface area contributed by atoms with Crippen LogP contribution in [-0.2, 0) is 16.0 Å². The second kappa shape index (κ2) is 6.89. The van der Waals surface area contributed by atoms with E-state index >= 15 is 0 Å². The van der Waals surface area contributed by atoms with Crippen molar-refractivity contribution >= 4 is 5.97 Å². The zero-order valence-electron chi connectivity index (χ0n) is 12.7. The number of likely N-dealkylation sites (tertiary alicyclic amines) is 1. The van der Waals surface area contributed by atoms with Gasteiger partial charge in [0.15, 0.2) is 0 Å². The van der Waals surface area contributed by atoms with E-state index in [1.54, 1.807) is 0 Å². The lowest BCUT2D eigenvalue weighted by atomic mass is 9.88. The maximum atomic E-state index is 11.1. The molecular weight excluding hydrogens is 250 g/mol. The number of carbonyl (C=O) groups excluding carboxylic acids is 1. The summed E-state index contributed by atoms with van der Waals surface area (Å²) in [7, 11) is 0. The SMILES string of the molecule is CC(=O)O[C@H]1CCN(CCc2ccccc2)[C@H](C)[C@@H]1C. The summed E-state index contributed by atoms with van der Waals surface area (Å²) in [4.78, 5) is 13.6. The molecule has 1 heterocycles. The lowest BCUT2D eigenvalue weighted by molar-refractivity contribution is -0.153. The second-order valence-corrected chi connectivity index (χ2v) is 5.81. The van der Waals surface area contributed by atoms with Gasteiger partial charge in [0.25, 0.3) is 0 Å². The third kappa shape index (κ3) is 3.83. The van der Waals surface area contributed by atoms with Gasteiger partial charge in [-0.1, -0.05) is 37.3 Å². The van der Waals surface area contributed by atoms with Crippen LogP contribution in [0.5, 0.6) is 0 Å². The number of ether oxygens (including phenoxy) is 1. The highest BCUT2D eigenvalue weighted by molar-refractivity contribution is 5.66. The molecule has 1 aromatic rings. The Morgan fingerprint density at radius 1 is 1.30 bits per heavy atom. The standard InChI is InChI=1S/C17H25NO2/c1-13-14(2)18(12-10-17(13)20-15(3)19)11-9-16-7-5-4-6-8-16/h4-8,13-14,17H,9-12H2,1-3H3/t13-,14+,17-/m0/s1. The van der Waals surface area contributed by atoms with Crippen molar-refractivity contribution in [1.82, 2.24) is 4.90 Å². The van der Waals surface area contributed by atoms with Gasteiger partial charge in [0.2, 0.25) is 0 Å². The first kappa shape index (κ1) is 15.0. The number of hydrogen-bond acceptors (Lipinski definition) is 3. The molecule has 0 unspecified atom stereocenters. The Morgan fingerprint density at radius 3 is 2.65 bits per heavy atom. The molecule has 1 aliphatic heterocycles. The van der Waals surface area contributed by atoms with Crippen LogP contribution in [0, 0.1) is 5.92 Å². The monoisotopic (exact) mass is 275 g/mol. The van der Waals surface area contributed by atoms with Crippen molar-refractivity contribution in [2.75, 3.05) is 13.1 Å². The van der Waals surface area contributed by atoms with Crippen molar-refractivity contribution in [2.24, 2.45) is 5.92 Å². The fourth-order valence-corrected chi connectivity index (χ4v) is 3.02. The molecule has 20 heavy (non-hydrogen) atoms. The van der Waals surface area contributed by atoms with Gasteiger partial charge in [0.05, 0.1) is 0 Å². The maximum absolute atomic E-state index is 11.1. The first-order valence-corrected chi connectivity index (χ1v) is 7.53.